The maximum Gasteiger partial charge on any atom is 0.123 e. The van der Waals surface area contributed by atoms with Gasteiger partial charge in [-0.3, -0.25) is 0 Å². The van der Waals surface area contributed by atoms with Gasteiger partial charge in [-0.2, -0.15) is 0 Å². The van der Waals surface area contributed by atoms with Crippen molar-refractivity contribution in [2.75, 3.05) is 41.3 Å². The second kappa shape index (κ2) is 16.2. The smallest absolute Gasteiger partial charge is 0.123 e. The fourth-order valence-corrected chi connectivity index (χ4v) is 5.50. The van der Waals surface area contributed by atoms with Gasteiger partial charge in [0.05, 0.1) is 41.3 Å². The maximum absolute atomic E-state index is 10.9. The molecule has 0 radical (unpaired) electrons. The van der Waals surface area contributed by atoms with Crippen molar-refractivity contribution in [3.8, 4) is 16.9 Å². The van der Waals surface area contributed by atoms with E-state index in [1.54, 1.807) is 0 Å². The molecule has 0 atom stereocenters. The largest absolute Gasteiger partial charge is 0.507 e. The molecule has 0 aliphatic heterocycles. The van der Waals surface area contributed by atoms with Gasteiger partial charge in [0.1, 0.15) is 18.8 Å². The Kier molecular flexibility index (Phi) is 13.7. The SMILES string of the molecule is CCCCCCCC[N+](C)(C)Cc1ccc(-c2ccc(C[N+](C)(C)CCCCCCCC)cc2O)cc1. The summed E-state index contributed by atoms with van der Waals surface area (Å²) >= 11 is 0. The van der Waals surface area contributed by atoms with Crippen LogP contribution < -0.4 is 0 Å². The minimum Gasteiger partial charge on any atom is -0.507 e. The lowest BCUT2D eigenvalue weighted by atomic mass is 10.0. The molecule has 0 aromatic heterocycles. The molecule has 0 saturated heterocycles. The zero-order valence-corrected chi connectivity index (χ0v) is 25.2. The first-order valence-corrected chi connectivity index (χ1v) is 15.2. The third-order valence-electron chi connectivity index (χ3n) is 7.78. The number of aromatic hydroxyl groups is 1. The molecule has 0 unspecified atom stereocenters. The van der Waals surface area contributed by atoms with Crippen molar-refractivity contribution in [3.63, 3.8) is 0 Å². The summed E-state index contributed by atoms with van der Waals surface area (Å²) in [6.07, 6.45) is 16.1. The Bertz CT molecular complexity index is 885. The van der Waals surface area contributed by atoms with Gasteiger partial charge < -0.3 is 14.1 Å². The third kappa shape index (κ3) is 12.5. The van der Waals surface area contributed by atoms with E-state index in [1.165, 1.54) is 101 Å². The minimum absolute atomic E-state index is 0.393. The zero-order valence-electron chi connectivity index (χ0n) is 25.2. The highest BCUT2D eigenvalue weighted by molar-refractivity contribution is 5.70. The second-order valence-electron chi connectivity index (χ2n) is 12.7. The van der Waals surface area contributed by atoms with E-state index in [0.717, 1.165) is 33.2 Å². The lowest BCUT2D eigenvalue weighted by Gasteiger charge is -2.30. The van der Waals surface area contributed by atoms with Crippen molar-refractivity contribution in [2.45, 2.75) is 104 Å². The van der Waals surface area contributed by atoms with Crippen LogP contribution in [0.3, 0.4) is 0 Å². The molecule has 3 heteroatoms. The van der Waals surface area contributed by atoms with Crippen molar-refractivity contribution >= 4 is 0 Å². The Balaban J connectivity index is 1.87. The molecule has 1 N–H and O–H groups in total. The summed E-state index contributed by atoms with van der Waals surface area (Å²) in [6, 6.07) is 15.1. The van der Waals surface area contributed by atoms with Crippen LogP contribution >= 0.6 is 0 Å². The first-order valence-electron chi connectivity index (χ1n) is 15.2. The summed E-state index contributed by atoms with van der Waals surface area (Å²) in [4.78, 5) is 0. The zero-order chi connectivity index (χ0) is 27.2. The Hall–Kier alpha value is -1.84. The average Bonchev–Trinajstić information content (AvgIpc) is 2.84. The summed E-state index contributed by atoms with van der Waals surface area (Å²) in [6.45, 7) is 8.96. The summed E-state index contributed by atoms with van der Waals surface area (Å²) in [5.41, 5.74) is 4.60. The van der Waals surface area contributed by atoms with Crippen molar-refractivity contribution in [3.05, 3.63) is 53.6 Å². The Morgan fingerprint density at radius 3 is 1.46 bits per heavy atom. The highest BCUT2D eigenvalue weighted by Crippen LogP contribution is 2.31. The molecule has 37 heavy (non-hydrogen) atoms. The molecule has 2 rings (SSSR count). The van der Waals surface area contributed by atoms with Gasteiger partial charge in [0, 0.05) is 16.7 Å². The van der Waals surface area contributed by atoms with Gasteiger partial charge in [-0.15, -0.1) is 0 Å². The van der Waals surface area contributed by atoms with Crippen LogP contribution in [-0.2, 0) is 13.1 Å². The summed E-state index contributed by atoms with van der Waals surface area (Å²) in [7, 11) is 9.30. The van der Waals surface area contributed by atoms with Gasteiger partial charge in [0.15, 0.2) is 0 Å². The molecule has 3 nitrogen and oxygen atoms in total. The second-order valence-corrected chi connectivity index (χ2v) is 12.7. The van der Waals surface area contributed by atoms with Crippen LogP contribution in [0.5, 0.6) is 5.75 Å². The molecule has 208 valence electrons. The lowest BCUT2D eigenvalue weighted by Crippen LogP contribution is -2.39. The lowest BCUT2D eigenvalue weighted by molar-refractivity contribution is -0.903. The fraction of sp³-hybridized carbons (Fsp3) is 0.647. The van der Waals surface area contributed by atoms with Gasteiger partial charge in [-0.1, -0.05) is 102 Å². The first kappa shape index (κ1) is 31.4. The predicted octanol–water partition coefficient (Wildman–Crippen LogP) is 8.93. The standard InChI is InChI=1S/C34H57N2O/c1-7-9-11-13-15-17-25-35(3,4)28-30-19-22-32(23-20-30)33-24-21-31(27-34(33)37)29-36(5,6)26-18-16-14-12-10-8-2/h19-24,27H,7-18,25-26,28-29H2,1-6H3/q+1/p+1. The van der Waals surface area contributed by atoms with Gasteiger partial charge >= 0.3 is 0 Å². The van der Waals surface area contributed by atoms with Crippen LogP contribution in [0.1, 0.15) is 102 Å². The number of unbranched alkanes of at least 4 members (excludes halogenated alkanes) is 10. The molecule has 2 aromatic rings. The number of benzene rings is 2. The van der Waals surface area contributed by atoms with E-state index >= 15 is 0 Å². The number of rotatable bonds is 19. The number of quaternary nitrogens is 2. The van der Waals surface area contributed by atoms with E-state index in [0.29, 0.717) is 5.75 Å². The van der Waals surface area contributed by atoms with E-state index < -0.39 is 0 Å². The van der Waals surface area contributed by atoms with E-state index in [4.69, 9.17) is 0 Å². The van der Waals surface area contributed by atoms with Crippen LogP contribution in [-0.4, -0.2) is 55.4 Å². The quantitative estimate of drug-likeness (QED) is 0.148. The molecule has 0 spiro atoms. The van der Waals surface area contributed by atoms with Gasteiger partial charge in [0.2, 0.25) is 0 Å². The number of hydrogen-bond acceptors (Lipinski definition) is 1. The molecule has 0 aliphatic rings. The number of nitrogens with zero attached hydrogens (tertiary/aromatic N) is 2. The normalized spacial score (nSPS) is 12.3. The Morgan fingerprint density at radius 1 is 0.541 bits per heavy atom. The molecular weight excluding hydrogens is 452 g/mol. The molecule has 0 bridgehead atoms. The highest BCUT2D eigenvalue weighted by atomic mass is 16.3. The summed E-state index contributed by atoms with van der Waals surface area (Å²) in [5.74, 6) is 0.393. The first-order chi connectivity index (χ1) is 17.7. The average molecular weight is 511 g/mol. The maximum atomic E-state index is 10.9. The number of phenolic OH excluding ortho intramolecular Hbond substituents is 1. The van der Waals surface area contributed by atoms with E-state index in [2.05, 4.69) is 78.4 Å². The fourth-order valence-electron chi connectivity index (χ4n) is 5.50. The molecule has 0 amide bonds. The predicted molar refractivity (Wildman–Crippen MR) is 162 cm³/mol. The monoisotopic (exact) mass is 510 g/mol. The molecule has 2 aromatic carbocycles. The van der Waals surface area contributed by atoms with Crippen LogP contribution in [0.4, 0.5) is 0 Å². The van der Waals surface area contributed by atoms with Crippen LogP contribution in [0.25, 0.3) is 11.1 Å². The van der Waals surface area contributed by atoms with Gasteiger partial charge in [0.25, 0.3) is 0 Å². The molecule has 0 heterocycles. The van der Waals surface area contributed by atoms with Crippen LogP contribution in [0.2, 0.25) is 0 Å². The van der Waals surface area contributed by atoms with E-state index in [-0.39, 0.29) is 0 Å². The van der Waals surface area contributed by atoms with Crippen molar-refractivity contribution in [1.82, 2.24) is 0 Å². The molecule has 0 fully saturated rings. The van der Waals surface area contributed by atoms with Crippen molar-refractivity contribution < 1.29 is 14.1 Å². The van der Waals surface area contributed by atoms with Crippen molar-refractivity contribution in [2.24, 2.45) is 0 Å². The number of hydrogen-bond donors (Lipinski definition) is 1. The molecular formula is C34H58N2O+2. The topological polar surface area (TPSA) is 20.2 Å². The Morgan fingerprint density at radius 2 is 0.973 bits per heavy atom. The summed E-state index contributed by atoms with van der Waals surface area (Å²) < 4.78 is 1.99. The van der Waals surface area contributed by atoms with E-state index in [1.807, 2.05) is 6.07 Å². The minimum atomic E-state index is 0.393. The van der Waals surface area contributed by atoms with Gasteiger partial charge in [-0.05, 0) is 37.3 Å². The number of phenols is 1. The summed E-state index contributed by atoms with van der Waals surface area (Å²) in [5, 5.41) is 10.9. The molecule has 0 aliphatic carbocycles. The van der Waals surface area contributed by atoms with E-state index in [9.17, 15) is 5.11 Å². The van der Waals surface area contributed by atoms with Crippen LogP contribution in [0, 0.1) is 0 Å². The van der Waals surface area contributed by atoms with Crippen LogP contribution in [0.15, 0.2) is 42.5 Å². The molecule has 0 saturated carbocycles. The van der Waals surface area contributed by atoms with Gasteiger partial charge in [-0.25, -0.2) is 0 Å². The third-order valence-corrected chi connectivity index (χ3v) is 7.78. The van der Waals surface area contributed by atoms with Crippen molar-refractivity contribution in [1.29, 1.82) is 0 Å². The highest BCUT2D eigenvalue weighted by Gasteiger charge is 2.18. The Labute approximate surface area is 229 Å².